The number of rotatable bonds is 7. The maximum atomic E-state index is 11.8. The largest absolute Gasteiger partial charge is 0.346 e. The highest BCUT2D eigenvalue weighted by Gasteiger charge is 2.14. The molecule has 0 aliphatic rings. The van der Waals surface area contributed by atoms with Gasteiger partial charge in [0.15, 0.2) is 0 Å². The molecule has 19 heavy (non-hydrogen) atoms. The zero-order valence-electron chi connectivity index (χ0n) is 12.7. The number of hydrogen-bond acceptors (Lipinski definition) is 2. The quantitative estimate of drug-likeness (QED) is 0.838. The van der Waals surface area contributed by atoms with Gasteiger partial charge in [-0.3, -0.25) is 0 Å². The van der Waals surface area contributed by atoms with Crippen LogP contribution in [0.25, 0.3) is 0 Å². The SMILES string of the molecule is CCCCS(=O)(=O)NCc1cc(C)n(C(C)C)c1C. The summed E-state index contributed by atoms with van der Waals surface area (Å²) >= 11 is 0. The molecule has 0 bridgehead atoms. The highest BCUT2D eigenvalue weighted by molar-refractivity contribution is 7.89. The number of nitrogens with zero attached hydrogens (tertiary/aromatic N) is 1. The summed E-state index contributed by atoms with van der Waals surface area (Å²) in [6, 6.07) is 2.46. The molecule has 1 heterocycles. The summed E-state index contributed by atoms with van der Waals surface area (Å²) in [4.78, 5) is 0. The Hall–Kier alpha value is -0.810. The Morgan fingerprint density at radius 3 is 2.42 bits per heavy atom. The van der Waals surface area contributed by atoms with Crippen molar-refractivity contribution in [2.45, 2.75) is 60.0 Å². The van der Waals surface area contributed by atoms with Crippen molar-refractivity contribution in [3.63, 3.8) is 0 Å². The van der Waals surface area contributed by atoms with Crippen LogP contribution in [0.5, 0.6) is 0 Å². The predicted octanol–water partition coefficient (Wildman–Crippen LogP) is 2.91. The molecule has 0 spiro atoms. The summed E-state index contributed by atoms with van der Waals surface area (Å²) in [5.74, 6) is 0.215. The Morgan fingerprint density at radius 2 is 1.95 bits per heavy atom. The molecule has 0 amide bonds. The van der Waals surface area contributed by atoms with Crippen LogP contribution in [0.3, 0.4) is 0 Å². The lowest BCUT2D eigenvalue weighted by atomic mass is 10.2. The van der Waals surface area contributed by atoms with E-state index in [1.165, 1.54) is 5.69 Å². The number of hydrogen-bond donors (Lipinski definition) is 1. The molecule has 0 radical (unpaired) electrons. The van der Waals surface area contributed by atoms with Crippen molar-refractivity contribution >= 4 is 10.0 Å². The van der Waals surface area contributed by atoms with Gasteiger partial charge in [0.05, 0.1) is 5.75 Å². The molecule has 1 aromatic rings. The second-order valence-corrected chi connectivity index (χ2v) is 7.28. The van der Waals surface area contributed by atoms with E-state index in [0.717, 1.165) is 17.7 Å². The highest BCUT2D eigenvalue weighted by Crippen LogP contribution is 2.20. The van der Waals surface area contributed by atoms with Crippen molar-refractivity contribution in [3.8, 4) is 0 Å². The summed E-state index contributed by atoms with van der Waals surface area (Å²) in [7, 11) is -3.14. The first kappa shape index (κ1) is 16.2. The van der Waals surface area contributed by atoms with Gasteiger partial charge in [0.25, 0.3) is 0 Å². The lowest BCUT2D eigenvalue weighted by molar-refractivity contribution is 0.569. The van der Waals surface area contributed by atoms with E-state index < -0.39 is 10.0 Å². The lowest BCUT2D eigenvalue weighted by Crippen LogP contribution is -2.26. The smallest absolute Gasteiger partial charge is 0.211 e. The molecule has 0 fully saturated rings. The Morgan fingerprint density at radius 1 is 1.32 bits per heavy atom. The van der Waals surface area contributed by atoms with Crippen LogP contribution in [-0.4, -0.2) is 18.7 Å². The van der Waals surface area contributed by atoms with Gasteiger partial charge in [0.1, 0.15) is 0 Å². The minimum Gasteiger partial charge on any atom is -0.346 e. The molecule has 1 N–H and O–H groups in total. The van der Waals surface area contributed by atoms with Gasteiger partial charge in [-0.25, -0.2) is 13.1 Å². The van der Waals surface area contributed by atoms with E-state index in [9.17, 15) is 8.42 Å². The number of unbranched alkanes of at least 4 members (excludes halogenated alkanes) is 1. The minimum absolute atomic E-state index is 0.215. The second-order valence-electron chi connectivity index (χ2n) is 5.35. The van der Waals surface area contributed by atoms with Crippen molar-refractivity contribution in [2.24, 2.45) is 0 Å². The van der Waals surface area contributed by atoms with E-state index in [4.69, 9.17) is 0 Å². The molecule has 0 aliphatic carbocycles. The highest BCUT2D eigenvalue weighted by atomic mass is 32.2. The van der Waals surface area contributed by atoms with Gasteiger partial charge in [0, 0.05) is 24.0 Å². The van der Waals surface area contributed by atoms with Crippen molar-refractivity contribution < 1.29 is 8.42 Å². The van der Waals surface area contributed by atoms with E-state index >= 15 is 0 Å². The maximum Gasteiger partial charge on any atom is 0.211 e. The molecule has 5 heteroatoms. The van der Waals surface area contributed by atoms with Crippen LogP contribution in [0.2, 0.25) is 0 Å². The molecule has 4 nitrogen and oxygen atoms in total. The van der Waals surface area contributed by atoms with Gasteiger partial charge in [-0.15, -0.1) is 0 Å². The average molecular weight is 286 g/mol. The predicted molar refractivity (Wildman–Crippen MR) is 79.8 cm³/mol. The Bertz CT molecular complexity index is 516. The van der Waals surface area contributed by atoms with Gasteiger partial charge < -0.3 is 4.57 Å². The monoisotopic (exact) mass is 286 g/mol. The third-order valence-electron chi connectivity index (χ3n) is 3.35. The molecule has 0 saturated heterocycles. The number of nitrogens with one attached hydrogen (secondary N) is 1. The zero-order valence-corrected chi connectivity index (χ0v) is 13.5. The molecule has 0 aliphatic heterocycles. The Labute approximate surface area is 117 Å². The van der Waals surface area contributed by atoms with E-state index in [-0.39, 0.29) is 5.75 Å². The second kappa shape index (κ2) is 6.57. The summed E-state index contributed by atoms with van der Waals surface area (Å²) < 4.78 is 28.5. The molecule has 0 atom stereocenters. The Kier molecular flexibility index (Phi) is 5.62. The van der Waals surface area contributed by atoms with Crippen LogP contribution in [0.1, 0.15) is 56.6 Å². The minimum atomic E-state index is -3.14. The van der Waals surface area contributed by atoms with E-state index in [1.54, 1.807) is 0 Å². The van der Waals surface area contributed by atoms with Crippen molar-refractivity contribution in [1.29, 1.82) is 0 Å². The van der Waals surface area contributed by atoms with Crippen LogP contribution in [0.15, 0.2) is 6.07 Å². The van der Waals surface area contributed by atoms with Crippen molar-refractivity contribution in [3.05, 3.63) is 23.0 Å². The molecule has 0 unspecified atom stereocenters. The van der Waals surface area contributed by atoms with E-state index in [2.05, 4.69) is 36.1 Å². The van der Waals surface area contributed by atoms with E-state index in [0.29, 0.717) is 19.0 Å². The maximum absolute atomic E-state index is 11.8. The fraction of sp³-hybridized carbons (Fsp3) is 0.714. The molecule has 110 valence electrons. The lowest BCUT2D eigenvalue weighted by Gasteiger charge is -2.14. The van der Waals surface area contributed by atoms with Gasteiger partial charge >= 0.3 is 0 Å². The first-order chi connectivity index (χ1) is 8.78. The number of aryl methyl sites for hydroxylation is 1. The third-order valence-corrected chi connectivity index (χ3v) is 4.77. The van der Waals surface area contributed by atoms with Gasteiger partial charge in [-0.1, -0.05) is 13.3 Å². The van der Waals surface area contributed by atoms with Crippen LogP contribution >= 0.6 is 0 Å². The van der Waals surface area contributed by atoms with E-state index in [1.807, 2.05) is 13.8 Å². The first-order valence-corrected chi connectivity index (χ1v) is 8.58. The molecular weight excluding hydrogens is 260 g/mol. The average Bonchev–Trinajstić information content (AvgIpc) is 2.59. The van der Waals surface area contributed by atoms with Gasteiger partial charge in [-0.2, -0.15) is 0 Å². The Balaban J connectivity index is 2.77. The molecule has 0 aromatic carbocycles. The first-order valence-electron chi connectivity index (χ1n) is 6.93. The zero-order chi connectivity index (χ0) is 14.6. The van der Waals surface area contributed by atoms with Gasteiger partial charge in [0.2, 0.25) is 10.0 Å². The summed E-state index contributed by atoms with van der Waals surface area (Å²) in [5.41, 5.74) is 3.38. The van der Waals surface area contributed by atoms with Crippen LogP contribution in [0, 0.1) is 13.8 Å². The molecule has 0 saturated carbocycles. The molecule has 1 aromatic heterocycles. The summed E-state index contributed by atoms with van der Waals surface area (Å²) in [6.07, 6.45) is 1.60. The van der Waals surface area contributed by atoms with Crippen molar-refractivity contribution in [1.82, 2.24) is 9.29 Å². The summed E-state index contributed by atoms with van der Waals surface area (Å²) in [5, 5.41) is 0. The van der Waals surface area contributed by atoms with Gasteiger partial charge in [-0.05, 0) is 45.7 Å². The molecule has 1 rings (SSSR count). The van der Waals surface area contributed by atoms with Crippen molar-refractivity contribution in [2.75, 3.05) is 5.75 Å². The van der Waals surface area contributed by atoms with Crippen LogP contribution in [-0.2, 0) is 16.6 Å². The standard InChI is InChI=1S/C14H26N2O2S/c1-6-7-8-19(17,18)15-10-14-9-12(4)16(11(2)3)13(14)5/h9,11,15H,6-8,10H2,1-5H3. The molecular formula is C14H26N2O2S. The normalized spacial score (nSPS) is 12.3. The summed E-state index contributed by atoms with van der Waals surface area (Å²) in [6.45, 7) is 10.7. The topological polar surface area (TPSA) is 51.1 Å². The number of aromatic nitrogens is 1. The fourth-order valence-electron chi connectivity index (χ4n) is 2.41. The third kappa shape index (κ3) is 4.35. The number of sulfonamides is 1. The van der Waals surface area contributed by atoms with Crippen LogP contribution in [0.4, 0.5) is 0 Å². The fourth-order valence-corrected chi connectivity index (χ4v) is 3.60. The van der Waals surface area contributed by atoms with Crippen LogP contribution < -0.4 is 4.72 Å².